The van der Waals surface area contributed by atoms with Gasteiger partial charge in [-0.3, -0.25) is 28.9 Å². The second-order valence-electron chi connectivity index (χ2n) is 12.2. The first-order chi connectivity index (χ1) is 26.2. The Hall–Kier alpha value is -3.32. The Morgan fingerprint density at radius 1 is 0.632 bits per heavy atom. The van der Waals surface area contributed by atoms with E-state index >= 15 is 0 Å². The molecule has 2 fully saturated rings. The number of hydrogen-bond acceptors (Lipinski definition) is 10. The molecule has 0 aliphatic carbocycles. The van der Waals surface area contributed by atoms with Gasteiger partial charge in [-0.2, -0.15) is 0 Å². The van der Waals surface area contributed by atoms with Crippen molar-refractivity contribution in [3.05, 3.63) is 107 Å². The molecule has 308 valence electrons. The zero-order chi connectivity index (χ0) is 41.8. The minimum absolute atomic E-state index is 0. The molecule has 3 unspecified atom stereocenters. The molecule has 2 aliphatic rings. The summed E-state index contributed by atoms with van der Waals surface area (Å²) in [4.78, 5) is 37.0. The molecule has 2 saturated heterocycles. The number of Topliss-reactive ketones (excluding diaryl/α,β-unsaturated/α-hetero) is 2. The van der Waals surface area contributed by atoms with Crippen LogP contribution in [0.1, 0.15) is 33.6 Å². The minimum Gasteiger partial charge on any atom is -0.548 e. The fraction of sp³-hybridized carbons (Fsp3) is 0.417. The van der Waals surface area contributed by atoms with Crippen LogP contribution in [0.3, 0.4) is 0 Å². The van der Waals surface area contributed by atoms with Crippen LogP contribution in [-0.4, -0.2) is 106 Å². The molecule has 0 spiro atoms. The topological polar surface area (TPSA) is 118 Å². The Morgan fingerprint density at radius 3 is 1.28 bits per heavy atom. The molecule has 57 heavy (non-hydrogen) atoms. The molecule has 0 saturated carbocycles. The van der Waals surface area contributed by atoms with Gasteiger partial charge >= 0.3 is 31.6 Å². The first-order valence-corrected chi connectivity index (χ1v) is 17.2. The van der Waals surface area contributed by atoms with Crippen molar-refractivity contribution in [2.24, 2.45) is 0 Å². The summed E-state index contributed by atoms with van der Waals surface area (Å²) in [6, 6.07) is 13.7. The van der Waals surface area contributed by atoms with Crippen molar-refractivity contribution in [1.82, 2.24) is 9.80 Å². The first-order valence-electron chi connectivity index (χ1n) is 16.3. The Kier molecular flexibility index (Phi) is 19.9. The van der Waals surface area contributed by atoms with Crippen molar-refractivity contribution >= 4 is 33.5 Å². The van der Waals surface area contributed by atoms with E-state index in [0.29, 0.717) is 5.56 Å². The summed E-state index contributed by atoms with van der Waals surface area (Å²) < 4.78 is 128. The SMILES string of the molecule is COCC(=O)C(Br)c1ccc(F)cc1.COCC(=O)C(c1ccc(F)cc1)N1CC(OC(F)(F)F)C1.O=C([O-])C(c1ccc(F)cc1)N1CC(OC(F)(F)F)C1.[Li+]. The van der Waals surface area contributed by atoms with Crippen LogP contribution in [0.15, 0.2) is 72.8 Å². The molecule has 0 aromatic heterocycles. The van der Waals surface area contributed by atoms with Gasteiger partial charge in [0.15, 0.2) is 11.6 Å². The molecule has 0 radical (unpaired) electrons. The maximum Gasteiger partial charge on any atom is 1.00 e. The van der Waals surface area contributed by atoms with Gasteiger partial charge in [-0.25, -0.2) is 13.2 Å². The van der Waals surface area contributed by atoms with Gasteiger partial charge in [0.2, 0.25) is 0 Å². The van der Waals surface area contributed by atoms with E-state index in [9.17, 15) is 59.0 Å². The molecule has 0 amide bonds. The van der Waals surface area contributed by atoms with Gasteiger partial charge in [0.05, 0.1) is 30.3 Å². The van der Waals surface area contributed by atoms with Crippen LogP contribution < -0.4 is 24.0 Å². The Labute approximate surface area is 341 Å². The van der Waals surface area contributed by atoms with Gasteiger partial charge in [-0.1, -0.05) is 52.3 Å². The van der Waals surface area contributed by atoms with Crippen LogP contribution in [0.4, 0.5) is 39.5 Å². The van der Waals surface area contributed by atoms with Gasteiger partial charge in [0, 0.05) is 40.4 Å². The second-order valence-corrected chi connectivity index (χ2v) is 13.1. The zero-order valence-electron chi connectivity index (χ0n) is 30.5. The number of carboxylic acids is 1. The van der Waals surface area contributed by atoms with E-state index in [-0.39, 0.29) is 81.2 Å². The van der Waals surface area contributed by atoms with Gasteiger partial charge in [-0.05, 0) is 53.1 Å². The molecule has 0 bridgehead atoms. The summed E-state index contributed by atoms with van der Waals surface area (Å²) in [7, 11) is 2.81. The molecule has 0 N–H and O–H groups in total. The van der Waals surface area contributed by atoms with E-state index in [4.69, 9.17) is 9.47 Å². The van der Waals surface area contributed by atoms with Crippen LogP contribution >= 0.6 is 15.9 Å². The first kappa shape index (κ1) is 49.8. The Bertz CT molecular complexity index is 1710. The van der Waals surface area contributed by atoms with Crippen molar-refractivity contribution in [2.45, 2.75) is 41.8 Å². The van der Waals surface area contributed by atoms with E-state index < -0.39 is 59.4 Å². The van der Waals surface area contributed by atoms with Crippen molar-refractivity contribution in [3.63, 3.8) is 0 Å². The number of hydrogen-bond donors (Lipinski definition) is 0. The third-order valence-electron chi connectivity index (χ3n) is 8.00. The van der Waals surface area contributed by atoms with Gasteiger partial charge in [0.25, 0.3) is 0 Å². The van der Waals surface area contributed by atoms with Gasteiger partial charge in [-0.15, -0.1) is 26.3 Å². The number of likely N-dealkylation sites (tertiary alicyclic amines) is 2. The molecule has 10 nitrogen and oxygen atoms in total. The maximum absolute atomic E-state index is 13.0. The molecule has 21 heteroatoms. The molecule has 3 atom stereocenters. The fourth-order valence-corrected chi connectivity index (χ4v) is 5.97. The summed E-state index contributed by atoms with van der Waals surface area (Å²) in [6.45, 7) is -0.560. The number of carbonyl (C=O) groups excluding carboxylic acids is 3. The molecular formula is C36H35BrF9LiN2O8. The predicted molar refractivity (Wildman–Crippen MR) is 180 cm³/mol. The monoisotopic (exact) mass is 880 g/mol. The van der Waals surface area contributed by atoms with E-state index in [1.54, 1.807) is 17.0 Å². The quantitative estimate of drug-likeness (QED) is 0.136. The van der Waals surface area contributed by atoms with E-state index in [1.807, 2.05) is 0 Å². The number of halogens is 10. The standard InChI is InChI=1S/C14H15F4NO3.C12H11F4NO3.C10H10BrFO2.Li/c1-21-8-12(20)13(9-2-4-10(15)5-3-9)19-6-11(7-19)22-14(16,17)18;13-8-3-1-7(2-4-8)10(11(18)19)17-5-9(6-17)20-12(14,15)16;1-14-6-9(13)10(11)7-2-4-8(12)5-3-7;/h2-5,11,13H,6-8H2,1H3;1-4,9-10H,5-6H2,(H,18,19);2-5,10H,6H2,1H3;/q;;;+1/p-1. The summed E-state index contributed by atoms with van der Waals surface area (Å²) in [5, 5.41) is 11.1. The van der Waals surface area contributed by atoms with Crippen molar-refractivity contribution in [2.75, 3.05) is 53.6 Å². The van der Waals surface area contributed by atoms with Crippen LogP contribution in [-0.2, 0) is 33.3 Å². The summed E-state index contributed by atoms with van der Waals surface area (Å²) in [5.41, 5.74) is 1.49. The Balaban J connectivity index is 0.000000300. The fourth-order valence-electron chi connectivity index (χ4n) is 5.53. The van der Waals surface area contributed by atoms with Crippen molar-refractivity contribution in [3.8, 4) is 0 Å². The molecule has 2 heterocycles. The number of benzene rings is 3. The molecular weight excluding hydrogens is 846 g/mol. The normalized spacial score (nSPS) is 16.6. The summed E-state index contributed by atoms with van der Waals surface area (Å²) in [5.74, 6) is -3.15. The third kappa shape index (κ3) is 16.5. The number of alkyl halides is 7. The number of aliphatic carboxylic acids is 1. The molecule has 2 aliphatic heterocycles. The predicted octanol–water partition coefficient (Wildman–Crippen LogP) is 2.62. The van der Waals surface area contributed by atoms with Crippen molar-refractivity contribution < 1.29 is 96.8 Å². The molecule has 3 aromatic rings. The number of ketones is 2. The second kappa shape index (κ2) is 22.7. The minimum atomic E-state index is -4.75. The van der Waals surface area contributed by atoms with Gasteiger partial charge in [0.1, 0.15) is 35.5 Å². The third-order valence-corrected chi connectivity index (χ3v) is 9.04. The number of methoxy groups -OCH3 is 2. The molecule has 5 rings (SSSR count). The summed E-state index contributed by atoms with van der Waals surface area (Å²) >= 11 is 3.22. The number of rotatable bonds is 14. The molecule has 3 aromatic carbocycles. The van der Waals surface area contributed by atoms with E-state index in [1.165, 1.54) is 67.7 Å². The van der Waals surface area contributed by atoms with Crippen LogP contribution in [0, 0.1) is 17.5 Å². The number of ether oxygens (including phenoxy) is 4. The van der Waals surface area contributed by atoms with E-state index in [0.717, 1.165) is 17.7 Å². The van der Waals surface area contributed by atoms with Crippen LogP contribution in [0.2, 0.25) is 0 Å². The smallest absolute Gasteiger partial charge is 0.548 e. The number of carbonyl (C=O) groups is 3. The van der Waals surface area contributed by atoms with Crippen molar-refractivity contribution in [1.29, 1.82) is 0 Å². The summed E-state index contributed by atoms with van der Waals surface area (Å²) in [6.07, 6.45) is -11.5. The average molecular weight is 882 g/mol. The average Bonchev–Trinajstić information content (AvgIpc) is 3.07. The number of nitrogens with zero attached hydrogens (tertiary/aromatic N) is 2. The zero-order valence-corrected chi connectivity index (χ0v) is 32.1. The van der Waals surface area contributed by atoms with Crippen LogP contribution in [0.5, 0.6) is 0 Å². The van der Waals surface area contributed by atoms with Gasteiger partial charge < -0.3 is 19.4 Å². The largest absolute Gasteiger partial charge is 1.00 e. The van der Waals surface area contributed by atoms with Crippen LogP contribution in [0.25, 0.3) is 0 Å². The Morgan fingerprint density at radius 2 is 0.947 bits per heavy atom. The maximum atomic E-state index is 13.0. The van der Waals surface area contributed by atoms with E-state index in [2.05, 4.69) is 25.4 Å². The number of carboxylic acid groups (broad SMARTS) is 1.